The summed E-state index contributed by atoms with van der Waals surface area (Å²) in [5.74, 6) is 1.83. The zero-order valence-electron chi connectivity index (χ0n) is 15.2. The van der Waals surface area contributed by atoms with Gasteiger partial charge < -0.3 is 9.47 Å². The van der Waals surface area contributed by atoms with E-state index in [1.165, 1.54) is 56.9 Å². The van der Waals surface area contributed by atoms with Crippen LogP contribution in [0.4, 0.5) is 0 Å². The van der Waals surface area contributed by atoms with Crippen molar-refractivity contribution in [2.45, 2.75) is 77.6 Å². The molecule has 0 unspecified atom stereocenters. The third-order valence-electron chi connectivity index (χ3n) is 4.78. The maximum atomic E-state index is 5.46. The summed E-state index contributed by atoms with van der Waals surface area (Å²) in [6, 6.07) is 6.42. The average molecular weight is 306 g/mol. The first-order valence-electron chi connectivity index (χ1n) is 8.97. The Kier molecular flexibility index (Phi) is 8.37. The van der Waals surface area contributed by atoms with Crippen molar-refractivity contribution in [1.82, 2.24) is 0 Å². The molecule has 0 N–H and O–H groups in total. The van der Waals surface area contributed by atoms with Gasteiger partial charge in [0.25, 0.3) is 0 Å². The lowest BCUT2D eigenvalue weighted by Gasteiger charge is -2.38. The fourth-order valence-corrected chi connectivity index (χ4v) is 3.54. The molecular weight excluding hydrogens is 272 g/mol. The molecule has 0 radical (unpaired) electrons. The normalized spacial score (nSPS) is 16.4. The minimum Gasteiger partial charge on any atom is -0.497 e. The van der Waals surface area contributed by atoms with Crippen molar-refractivity contribution in [3.63, 3.8) is 0 Å². The Bertz CT molecular complexity index is 397. The molecule has 0 spiro atoms. The lowest BCUT2D eigenvalue weighted by atomic mass is 9.66. The SMILES string of the molecule is CC.CCCCC1(c2cc(OC)cc(OC)c2)CCCCC1. The fourth-order valence-electron chi connectivity index (χ4n) is 3.54. The molecule has 1 saturated carbocycles. The van der Waals surface area contributed by atoms with Crippen molar-refractivity contribution in [3.05, 3.63) is 23.8 Å². The zero-order valence-corrected chi connectivity index (χ0v) is 15.2. The molecule has 1 aliphatic carbocycles. The molecule has 0 amide bonds. The number of hydrogen-bond donors (Lipinski definition) is 0. The summed E-state index contributed by atoms with van der Waals surface area (Å²) in [5.41, 5.74) is 1.76. The van der Waals surface area contributed by atoms with Gasteiger partial charge in [-0.2, -0.15) is 0 Å². The van der Waals surface area contributed by atoms with Crippen LogP contribution < -0.4 is 9.47 Å². The van der Waals surface area contributed by atoms with Crippen molar-refractivity contribution in [3.8, 4) is 11.5 Å². The van der Waals surface area contributed by atoms with Gasteiger partial charge in [0.1, 0.15) is 11.5 Å². The van der Waals surface area contributed by atoms with Gasteiger partial charge >= 0.3 is 0 Å². The lowest BCUT2D eigenvalue weighted by molar-refractivity contribution is 0.265. The monoisotopic (exact) mass is 306 g/mol. The van der Waals surface area contributed by atoms with Crippen LogP contribution in [0.1, 0.15) is 77.7 Å². The fraction of sp³-hybridized carbons (Fsp3) is 0.700. The van der Waals surface area contributed by atoms with Crippen LogP contribution in [0.3, 0.4) is 0 Å². The largest absolute Gasteiger partial charge is 0.497 e. The summed E-state index contributed by atoms with van der Waals surface area (Å²) >= 11 is 0. The average Bonchev–Trinajstić information content (AvgIpc) is 2.62. The van der Waals surface area contributed by atoms with Crippen LogP contribution in [0.25, 0.3) is 0 Å². The third kappa shape index (κ3) is 4.66. The number of rotatable bonds is 6. The highest BCUT2D eigenvalue weighted by atomic mass is 16.5. The van der Waals surface area contributed by atoms with Gasteiger partial charge in [-0.3, -0.25) is 0 Å². The van der Waals surface area contributed by atoms with Gasteiger partial charge in [-0.15, -0.1) is 0 Å². The van der Waals surface area contributed by atoms with E-state index >= 15 is 0 Å². The Labute approximate surface area is 137 Å². The quantitative estimate of drug-likeness (QED) is 0.630. The summed E-state index contributed by atoms with van der Waals surface area (Å²) < 4.78 is 10.9. The number of methoxy groups -OCH3 is 2. The van der Waals surface area contributed by atoms with Gasteiger partial charge in [0.2, 0.25) is 0 Å². The van der Waals surface area contributed by atoms with Crippen LogP contribution >= 0.6 is 0 Å². The highest BCUT2D eigenvalue weighted by Crippen LogP contribution is 2.45. The highest BCUT2D eigenvalue weighted by Gasteiger charge is 2.33. The Balaban J connectivity index is 0.00000116. The van der Waals surface area contributed by atoms with E-state index in [2.05, 4.69) is 19.1 Å². The molecular formula is C20H34O2. The Morgan fingerprint density at radius 1 is 0.909 bits per heavy atom. The summed E-state index contributed by atoms with van der Waals surface area (Å²) in [4.78, 5) is 0. The Morgan fingerprint density at radius 2 is 1.45 bits per heavy atom. The van der Waals surface area contributed by atoms with E-state index in [0.717, 1.165) is 11.5 Å². The van der Waals surface area contributed by atoms with E-state index in [4.69, 9.17) is 9.47 Å². The molecule has 126 valence electrons. The van der Waals surface area contributed by atoms with E-state index < -0.39 is 0 Å². The molecule has 1 aromatic rings. The van der Waals surface area contributed by atoms with Crippen molar-refractivity contribution in [2.75, 3.05) is 14.2 Å². The first-order valence-corrected chi connectivity index (χ1v) is 8.97. The van der Waals surface area contributed by atoms with E-state index in [9.17, 15) is 0 Å². The standard InChI is InChI=1S/C18H28O2.C2H6/c1-4-5-9-18(10-7-6-8-11-18)15-12-16(19-2)14-17(13-15)20-3;1-2/h12-14H,4-11H2,1-3H3;1-2H3. The van der Waals surface area contributed by atoms with Gasteiger partial charge in [-0.05, 0) is 42.4 Å². The number of benzene rings is 1. The molecule has 0 bridgehead atoms. The lowest BCUT2D eigenvalue weighted by Crippen LogP contribution is -2.29. The van der Waals surface area contributed by atoms with Crippen LogP contribution in [0, 0.1) is 0 Å². The Morgan fingerprint density at radius 3 is 1.91 bits per heavy atom. The second-order valence-electron chi connectivity index (χ2n) is 6.05. The highest BCUT2D eigenvalue weighted by molar-refractivity contribution is 5.42. The molecule has 1 fully saturated rings. The zero-order chi connectivity index (χ0) is 16.4. The summed E-state index contributed by atoms with van der Waals surface area (Å²) in [7, 11) is 3.47. The summed E-state index contributed by atoms with van der Waals surface area (Å²) in [6.45, 7) is 6.28. The van der Waals surface area contributed by atoms with Gasteiger partial charge in [-0.1, -0.05) is 52.9 Å². The number of unbranched alkanes of at least 4 members (excludes halogenated alkanes) is 1. The van der Waals surface area contributed by atoms with Crippen LogP contribution in [-0.4, -0.2) is 14.2 Å². The van der Waals surface area contributed by atoms with E-state index in [-0.39, 0.29) is 0 Å². The molecule has 0 heterocycles. The summed E-state index contributed by atoms with van der Waals surface area (Å²) in [6.07, 6.45) is 10.6. The van der Waals surface area contributed by atoms with Crippen LogP contribution in [0.2, 0.25) is 0 Å². The minimum atomic E-state index is 0.343. The molecule has 2 nitrogen and oxygen atoms in total. The molecule has 1 aliphatic rings. The summed E-state index contributed by atoms with van der Waals surface area (Å²) in [5, 5.41) is 0. The molecule has 2 heteroatoms. The van der Waals surface area contributed by atoms with Crippen molar-refractivity contribution in [2.24, 2.45) is 0 Å². The predicted molar refractivity (Wildman–Crippen MR) is 95.2 cm³/mol. The van der Waals surface area contributed by atoms with Gasteiger partial charge in [0.15, 0.2) is 0 Å². The molecule has 0 aromatic heterocycles. The van der Waals surface area contributed by atoms with Crippen LogP contribution in [0.15, 0.2) is 18.2 Å². The van der Waals surface area contributed by atoms with Gasteiger partial charge in [0, 0.05) is 6.07 Å². The second kappa shape index (κ2) is 9.76. The predicted octanol–water partition coefficient (Wildman–Crippen LogP) is 6.12. The van der Waals surface area contributed by atoms with Crippen molar-refractivity contribution >= 4 is 0 Å². The second-order valence-corrected chi connectivity index (χ2v) is 6.05. The minimum absolute atomic E-state index is 0.343. The topological polar surface area (TPSA) is 18.5 Å². The molecule has 22 heavy (non-hydrogen) atoms. The maximum absolute atomic E-state index is 5.46. The molecule has 0 saturated heterocycles. The van der Waals surface area contributed by atoms with Crippen molar-refractivity contribution < 1.29 is 9.47 Å². The number of hydrogen-bond acceptors (Lipinski definition) is 2. The third-order valence-corrected chi connectivity index (χ3v) is 4.78. The van der Waals surface area contributed by atoms with E-state index in [1.54, 1.807) is 14.2 Å². The number of ether oxygens (including phenoxy) is 2. The Hall–Kier alpha value is -1.18. The smallest absolute Gasteiger partial charge is 0.122 e. The van der Waals surface area contributed by atoms with E-state index in [1.807, 2.05) is 19.9 Å². The van der Waals surface area contributed by atoms with E-state index in [0.29, 0.717) is 5.41 Å². The van der Waals surface area contributed by atoms with Gasteiger partial charge in [-0.25, -0.2) is 0 Å². The molecule has 0 aliphatic heterocycles. The van der Waals surface area contributed by atoms with Crippen LogP contribution in [0.5, 0.6) is 11.5 Å². The first kappa shape index (κ1) is 18.9. The van der Waals surface area contributed by atoms with Crippen molar-refractivity contribution in [1.29, 1.82) is 0 Å². The first-order chi connectivity index (χ1) is 10.7. The maximum Gasteiger partial charge on any atom is 0.122 e. The van der Waals surface area contributed by atoms with Crippen LogP contribution in [-0.2, 0) is 5.41 Å². The molecule has 2 rings (SSSR count). The van der Waals surface area contributed by atoms with Gasteiger partial charge in [0.05, 0.1) is 14.2 Å². The molecule has 1 aromatic carbocycles. The molecule has 0 atom stereocenters.